The molecule has 0 saturated carbocycles. The van der Waals surface area contributed by atoms with Gasteiger partial charge < -0.3 is 4.74 Å². The maximum absolute atomic E-state index is 11.8. The lowest BCUT2D eigenvalue weighted by atomic mass is 9.98. The van der Waals surface area contributed by atoms with Crippen LogP contribution in [0.15, 0.2) is 6.58 Å². The highest BCUT2D eigenvalue weighted by Gasteiger charge is 2.26. The summed E-state index contributed by atoms with van der Waals surface area (Å²) in [6, 6.07) is 0. The van der Waals surface area contributed by atoms with Gasteiger partial charge in [-0.2, -0.15) is 0 Å². The summed E-state index contributed by atoms with van der Waals surface area (Å²) in [5, 5.41) is 8.47. The van der Waals surface area contributed by atoms with Crippen LogP contribution in [0, 0.1) is 5.92 Å². The zero-order valence-electron chi connectivity index (χ0n) is 13.3. The van der Waals surface area contributed by atoms with Crippen molar-refractivity contribution in [2.24, 2.45) is 5.92 Å². The Labute approximate surface area is 126 Å². The van der Waals surface area contributed by atoms with Crippen LogP contribution in [0.5, 0.6) is 0 Å². The van der Waals surface area contributed by atoms with Crippen molar-refractivity contribution < 1.29 is 9.53 Å². The molecular weight excluding hydrogens is 266 g/mol. The predicted molar refractivity (Wildman–Crippen MR) is 81.7 cm³/mol. The molecule has 0 fully saturated rings. The molecule has 1 aromatic rings. The van der Waals surface area contributed by atoms with Crippen molar-refractivity contribution in [2.75, 3.05) is 6.61 Å². The second-order valence-electron chi connectivity index (χ2n) is 6.09. The van der Waals surface area contributed by atoms with E-state index in [4.69, 9.17) is 4.74 Å². The summed E-state index contributed by atoms with van der Waals surface area (Å²) < 4.78 is 7.69. The number of fused-ring (bicyclic) bond motifs is 1. The van der Waals surface area contributed by atoms with Gasteiger partial charge in [0.05, 0.1) is 11.4 Å². The van der Waals surface area contributed by atoms with Crippen LogP contribution in [0.1, 0.15) is 63.9 Å². The Kier molecular flexibility index (Phi) is 5.28. The Morgan fingerprint density at radius 2 is 2.19 bits per heavy atom. The minimum absolute atomic E-state index is 0.00204. The minimum Gasteiger partial charge on any atom is -0.364 e. The van der Waals surface area contributed by atoms with Crippen LogP contribution in [-0.2, 0) is 16.0 Å². The van der Waals surface area contributed by atoms with Crippen LogP contribution in [0.2, 0.25) is 0 Å². The molecule has 1 aliphatic carbocycles. The fourth-order valence-electron chi connectivity index (χ4n) is 2.55. The SMILES string of the molecule is C=C(C)n1nnc2c1C(OCC(=O)C(C)C)CCCCC2. The molecule has 1 heterocycles. The Hall–Kier alpha value is -1.49. The van der Waals surface area contributed by atoms with Crippen LogP contribution in [-0.4, -0.2) is 27.4 Å². The minimum atomic E-state index is -0.116. The summed E-state index contributed by atoms with van der Waals surface area (Å²) in [5.41, 5.74) is 2.80. The summed E-state index contributed by atoms with van der Waals surface area (Å²) >= 11 is 0. The second kappa shape index (κ2) is 6.98. The maximum atomic E-state index is 11.8. The van der Waals surface area contributed by atoms with E-state index in [9.17, 15) is 4.79 Å². The zero-order chi connectivity index (χ0) is 15.4. The van der Waals surface area contributed by atoms with Crippen molar-refractivity contribution in [2.45, 2.75) is 59.0 Å². The van der Waals surface area contributed by atoms with E-state index in [0.29, 0.717) is 0 Å². The molecule has 1 aliphatic rings. The van der Waals surface area contributed by atoms with Crippen LogP contribution in [0.25, 0.3) is 5.70 Å². The average molecular weight is 291 g/mol. The largest absolute Gasteiger partial charge is 0.364 e. The highest BCUT2D eigenvalue weighted by atomic mass is 16.5. The number of ketones is 1. The molecule has 1 unspecified atom stereocenters. The first-order valence-electron chi connectivity index (χ1n) is 7.75. The molecule has 1 aromatic heterocycles. The topological polar surface area (TPSA) is 57.0 Å². The zero-order valence-corrected chi connectivity index (χ0v) is 13.3. The Balaban J connectivity index is 2.22. The van der Waals surface area contributed by atoms with E-state index in [0.717, 1.165) is 49.2 Å². The van der Waals surface area contributed by atoms with Gasteiger partial charge in [-0.25, -0.2) is 4.68 Å². The Morgan fingerprint density at radius 1 is 1.43 bits per heavy atom. The van der Waals surface area contributed by atoms with Crippen LogP contribution >= 0.6 is 0 Å². The quantitative estimate of drug-likeness (QED) is 0.836. The third-order valence-electron chi connectivity index (χ3n) is 3.90. The van der Waals surface area contributed by atoms with E-state index >= 15 is 0 Å². The van der Waals surface area contributed by atoms with Gasteiger partial charge in [-0.05, 0) is 26.2 Å². The number of aryl methyl sites for hydroxylation is 1. The van der Waals surface area contributed by atoms with Gasteiger partial charge in [-0.1, -0.05) is 38.5 Å². The molecule has 0 saturated heterocycles. The number of aromatic nitrogens is 3. The molecule has 5 heteroatoms. The molecule has 116 valence electrons. The lowest BCUT2D eigenvalue weighted by molar-refractivity contribution is -0.129. The summed E-state index contributed by atoms with van der Waals surface area (Å²) in [6.45, 7) is 9.81. The van der Waals surface area contributed by atoms with Crippen LogP contribution < -0.4 is 0 Å². The molecule has 0 radical (unpaired) electrons. The molecule has 1 atom stereocenters. The van der Waals surface area contributed by atoms with Gasteiger partial charge in [-0.15, -0.1) is 5.10 Å². The standard InChI is InChI=1S/C16H25N3O2/c1-11(2)14(20)10-21-15-9-7-5-6-8-13-16(15)19(12(3)4)18-17-13/h11,15H,3,5-10H2,1-2,4H3. The van der Waals surface area contributed by atoms with Crippen molar-refractivity contribution in [3.05, 3.63) is 18.0 Å². The van der Waals surface area contributed by atoms with Crippen molar-refractivity contribution in [3.8, 4) is 0 Å². The fourth-order valence-corrected chi connectivity index (χ4v) is 2.55. The highest BCUT2D eigenvalue weighted by Crippen LogP contribution is 2.30. The smallest absolute Gasteiger partial charge is 0.161 e. The monoisotopic (exact) mass is 291 g/mol. The predicted octanol–water partition coefficient (Wildman–Crippen LogP) is 3.17. The summed E-state index contributed by atoms with van der Waals surface area (Å²) in [5.74, 6) is 0.134. The maximum Gasteiger partial charge on any atom is 0.161 e. The van der Waals surface area contributed by atoms with Gasteiger partial charge in [0.2, 0.25) is 0 Å². The first-order valence-corrected chi connectivity index (χ1v) is 7.75. The number of rotatable bonds is 5. The number of nitrogens with zero attached hydrogens (tertiary/aromatic N) is 3. The molecular formula is C16H25N3O2. The third-order valence-corrected chi connectivity index (χ3v) is 3.90. The van der Waals surface area contributed by atoms with E-state index in [-0.39, 0.29) is 24.4 Å². The molecule has 2 rings (SSSR count). The number of Topliss-reactive ketones (excluding diaryl/α,β-unsaturated/α-hetero) is 1. The molecule has 0 spiro atoms. The number of allylic oxidation sites excluding steroid dienone is 1. The number of hydrogen-bond acceptors (Lipinski definition) is 4. The first-order chi connectivity index (χ1) is 10.0. The molecule has 21 heavy (non-hydrogen) atoms. The normalized spacial score (nSPS) is 19.0. The van der Waals surface area contributed by atoms with E-state index in [1.165, 1.54) is 0 Å². The third kappa shape index (κ3) is 3.79. The second-order valence-corrected chi connectivity index (χ2v) is 6.09. The van der Waals surface area contributed by atoms with Crippen LogP contribution in [0.3, 0.4) is 0 Å². The molecule has 5 nitrogen and oxygen atoms in total. The molecule has 0 bridgehead atoms. The van der Waals surface area contributed by atoms with Crippen LogP contribution in [0.4, 0.5) is 0 Å². The van der Waals surface area contributed by atoms with Gasteiger partial charge in [0, 0.05) is 11.6 Å². The van der Waals surface area contributed by atoms with E-state index in [2.05, 4.69) is 16.9 Å². The number of carbonyl (C=O) groups is 1. The molecule has 0 aliphatic heterocycles. The first kappa shape index (κ1) is 15.9. The Morgan fingerprint density at radius 3 is 2.86 bits per heavy atom. The van der Waals surface area contributed by atoms with Gasteiger partial charge >= 0.3 is 0 Å². The fraction of sp³-hybridized carbons (Fsp3) is 0.688. The lowest BCUT2D eigenvalue weighted by Gasteiger charge is -2.22. The number of hydrogen-bond donors (Lipinski definition) is 0. The molecule has 0 N–H and O–H groups in total. The average Bonchev–Trinajstić information content (AvgIpc) is 2.81. The van der Waals surface area contributed by atoms with Gasteiger partial charge in [0.1, 0.15) is 12.7 Å². The van der Waals surface area contributed by atoms with Gasteiger partial charge in [-0.3, -0.25) is 4.79 Å². The number of carbonyl (C=O) groups excluding carboxylic acids is 1. The summed E-state index contributed by atoms with van der Waals surface area (Å²) in [4.78, 5) is 11.8. The Bertz CT molecular complexity index is 520. The van der Waals surface area contributed by atoms with E-state index < -0.39 is 0 Å². The molecule has 0 aromatic carbocycles. The van der Waals surface area contributed by atoms with Crippen molar-refractivity contribution in [1.82, 2.24) is 15.0 Å². The lowest BCUT2D eigenvalue weighted by Crippen LogP contribution is -2.20. The summed E-state index contributed by atoms with van der Waals surface area (Å²) in [6.07, 6.45) is 5.09. The number of ether oxygens (including phenoxy) is 1. The van der Waals surface area contributed by atoms with Crippen molar-refractivity contribution >= 4 is 11.5 Å². The van der Waals surface area contributed by atoms with E-state index in [1.807, 2.05) is 20.8 Å². The van der Waals surface area contributed by atoms with Gasteiger partial charge in [0.15, 0.2) is 5.78 Å². The molecule has 0 amide bonds. The highest BCUT2D eigenvalue weighted by molar-refractivity contribution is 5.81. The van der Waals surface area contributed by atoms with E-state index in [1.54, 1.807) is 4.68 Å². The summed E-state index contributed by atoms with van der Waals surface area (Å²) in [7, 11) is 0. The van der Waals surface area contributed by atoms with Crippen molar-refractivity contribution in [1.29, 1.82) is 0 Å². The van der Waals surface area contributed by atoms with Gasteiger partial charge in [0.25, 0.3) is 0 Å². The van der Waals surface area contributed by atoms with Crippen molar-refractivity contribution in [3.63, 3.8) is 0 Å².